The minimum atomic E-state index is -0.0692. The van der Waals surface area contributed by atoms with E-state index in [1.165, 1.54) is 6.92 Å². The summed E-state index contributed by atoms with van der Waals surface area (Å²) in [4.78, 5) is 15.0. The highest BCUT2D eigenvalue weighted by atomic mass is 31.0. The van der Waals surface area contributed by atoms with Crippen LogP contribution in [0.25, 0.3) is 10.9 Å². The van der Waals surface area contributed by atoms with Crippen molar-refractivity contribution in [3.63, 3.8) is 0 Å². The van der Waals surface area contributed by atoms with Crippen LogP contribution in [0.15, 0.2) is 36.5 Å². The Morgan fingerprint density at radius 2 is 1.57 bits per heavy atom. The second-order valence-electron chi connectivity index (χ2n) is 3.09. The molecule has 0 saturated carbocycles. The minimum Gasteiger partial charge on any atom is -0.326 e. The largest absolute Gasteiger partial charge is 0.326 e. The van der Waals surface area contributed by atoms with E-state index in [2.05, 4.69) is 10.3 Å². The third-order valence-corrected chi connectivity index (χ3v) is 1.93. The fraction of sp³-hybridized carbons (Fsp3) is 0.412. The highest BCUT2D eigenvalue weighted by Crippen LogP contribution is 2.16. The number of carbonyl (C=O) groups is 1. The van der Waals surface area contributed by atoms with Crippen LogP contribution in [0, 0.1) is 0 Å². The van der Waals surface area contributed by atoms with Gasteiger partial charge in [0.15, 0.2) is 0 Å². The van der Waals surface area contributed by atoms with Crippen molar-refractivity contribution >= 4 is 32.4 Å². The first-order chi connectivity index (χ1) is 9.75. The van der Waals surface area contributed by atoms with Crippen LogP contribution >= 0.6 is 9.90 Å². The van der Waals surface area contributed by atoms with Crippen molar-refractivity contribution in [3.05, 3.63) is 36.5 Å². The maximum atomic E-state index is 10.8. The van der Waals surface area contributed by atoms with Crippen molar-refractivity contribution in [2.45, 2.75) is 48.5 Å². The van der Waals surface area contributed by atoms with Crippen LogP contribution in [0.2, 0.25) is 0 Å². The Hall–Kier alpha value is -1.47. The Morgan fingerprint density at radius 1 is 1.00 bits per heavy atom. The molecule has 0 aliphatic carbocycles. The number of pyridine rings is 1. The molecule has 1 atom stereocenters. The van der Waals surface area contributed by atoms with E-state index < -0.39 is 0 Å². The van der Waals surface area contributed by atoms with Gasteiger partial charge in [-0.05, 0) is 18.2 Å². The minimum absolute atomic E-state index is 0. The van der Waals surface area contributed by atoms with Crippen LogP contribution in [0.4, 0.5) is 5.69 Å². The van der Waals surface area contributed by atoms with Crippen LogP contribution in [0.3, 0.4) is 0 Å². The standard InChI is InChI=1S/C11H10N2O.3C2H6.H3P/c1-8(14)13-10-5-4-9-3-2-6-12-11(9)7-10;3*1-2;/h2-7H,1H3,(H,13,14);3*1-2H3;1H3. The molecule has 0 saturated heterocycles. The van der Waals surface area contributed by atoms with Crippen molar-refractivity contribution in [3.8, 4) is 0 Å². The van der Waals surface area contributed by atoms with Crippen LogP contribution in [0.1, 0.15) is 48.5 Å². The number of carbonyl (C=O) groups excluding carboxylic acids is 1. The number of hydrogen-bond acceptors (Lipinski definition) is 2. The normalized spacial score (nSPS) is 7.57. The van der Waals surface area contributed by atoms with E-state index in [-0.39, 0.29) is 15.8 Å². The van der Waals surface area contributed by atoms with E-state index in [9.17, 15) is 4.79 Å². The van der Waals surface area contributed by atoms with Gasteiger partial charge in [-0.2, -0.15) is 9.90 Å². The van der Waals surface area contributed by atoms with Crippen LogP contribution in [-0.2, 0) is 4.79 Å². The van der Waals surface area contributed by atoms with Gasteiger partial charge in [0.25, 0.3) is 0 Å². The summed E-state index contributed by atoms with van der Waals surface area (Å²) in [5.74, 6) is -0.0692. The highest BCUT2D eigenvalue weighted by molar-refractivity contribution is 6.92. The Kier molecular flexibility index (Phi) is 19.4. The van der Waals surface area contributed by atoms with Crippen LogP contribution in [-0.4, -0.2) is 10.9 Å². The molecule has 1 N–H and O–H groups in total. The first kappa shape index (κ1) is 24.5. The molecule has 3 nitrogen and oxygen atoms in total. The molecule has 4 heteroatoms. The lowest BCUT2D eigenvalue weighted by atomic mass is 10.2. The van der Waals surface area contributed by atoms with Crippen molar-refractivity contribution in [1.82, 2.24) is 4.98 Å². The van der Waals surface area contributed by atoms with E-state index >= 15 is 0 Å². The van der Waals surface area contributed by atoms with E-state index in [1.54, 1.807) is 6.20 Å². The van der Waals surface area contributed by atoms with Gasteiger partial charge in [0.2, 0.25) is 5.91 Å². The first-order valence-corrected chi connectivity index (χ1v) is 7.38. The average Bonchev–Trinajstić information content (AvgIpc) is 2.52. The van der Waals surface area contributed by atoms with Gasteiger partial charge in [0, 0.05) is 24.2 Å². The van der Waals surface area contributed by atoms with Gasteiger partial charge in [0.1, 0.15) is 0 Å². The van der Waals surface area contributed by atoms with Gasteiger partial charge in [-0.15, -0.1) is 0 Å². The van der Waals surface area contributed by atoms with E-state index in [0.717, 1.165) is 16.6 Å². The summed E-state index contributed by atoms with van der Waals surface area (Å²) in [6.07, 6.45) is 1.74. The molecule has 2 aromatic rings. The lowest BCUT2D eigenvalue weighted by Gasteiger charge is -2.02. The molecule has 1 heterocycles. The maximum absolute atomic E-state index is 10.8. The van der Waals surface area contributed by atoms with Crippen LogP contribution in [0.5, 0.6) is 0 Å². The fourth-order valence-corrected chi connectivity index (χ4v) is 1.35. The number of aromatic nitrogens is 1. The van der Waals surface area contributed by atoms with Gasteiger partial charge in [-0.1, -0.05) is 53.7 Å². The molecule has 0 aliphatic rings. The van der Waals surface area contributed by atoms with Crippen molar-refractivity contribution in [2.75, 3.05) is 5.32 Å². The van der Waals surface area contributed by atoms with Gasteiger partial charge < -0.3 is 5.32 Å². The molecular weight excluding hydrogens is 279 g/mol. The molecule has 1 aromatic heterocycles. The molecule has 0 spiro atoms. The molecule has 0 bridgehead atoms. The lowest BCUT2D eigenvalue weighted by Crippen LogP contribution is -2.05. The summed E-state index contributed by atoms with van der Waals surface area (Å²) >= 11 is 0. The quantitative estimate of drug-likeness (QED) is 0.723. The first-order valence-electron chi connectivity index (χ1n) is 7.38. The van der Waals surface area contributed by atoms with Crippen molar-refractivity contribution in [1.29, 1.82) is 0 Å². The zero-order valence-electron chi connectivity index (χ0n) is 14.5. The summed E-state index contributed by atoms with van der Waals surface area (Å²) in [6.45, 7) is 13.5. The zero-order valence-corrected chi connectivity index (χ0v) is 15.9. The number of nitrogens with one attached hydrogen (secondary N) is 1. The lowest BCUT2D eigenvalue weighted by molar-refractivity contribution is -0.114. The van der Waals surface area contributed by atoms with E-state index in [4.69, 9.17) is 0 Å². The highest BCUT2D eigenvalue weighted by Gasteiger charge is 1.97. The second kappa shape index (κ2) is 16.6. The van der Waals surface area contributed by atoms with E-state index in [0.29, 0.717) is 0 Å². The Morgan fingerprint density at radius 3 is 2.10 bits per heavy atom. The second-order valence-corrected chi connectivity index (χ2v) is 3.09. The molecule has 2 rings (SSSR count). The Labute approximate surface area is 133 Å². The SMILES string of the molecule is CC.CC.CC.CC(=O)Nc1ccc2cccnc2c1.P. The summed E-state index contributed by atoms with van der Waals surface area (Å²) in [5, 5.41) is 3.79. The molecule has 21 heavy (non-hydrogen) atoms. The molecule has 1 unspecified atom stereocenters. The Bertz CT molecular complexity index is 487. The predicted molar refractivity (Wildman–Crippen MR) is 101 cm³/mol. The fourth-order valence-electron chi connectivity index (χ4n) is 1.35. The van der Waals surface area contributed by atoms with Gasteiger partial charge in [-0.25, -0.2) is 0 Å². The number of hydrogen-bond donors (Lipinski definition) is 1. The molecule has 0 aliphatic heterocycles. The van der Waals surface area contributed by atoms with Gasteiger partial charge >= 0.3 is 0 Å². The summed E-state index contributed by atoms with van der Waals surface area (Å²) in [7, 11) is 0. The monoisotopic (exact) mass is 310 g/mol. The predicted octanol–water partition coefficient (Wildman–Crippen LogP) is 5.33. The Balaban J connectivity index is -0.000000414. The number of benzene rings is 1. The molecule has 0 radical (unpaired) electrons. The average molecular weight is 310 g/mol. The number of fused-ring (bicyclic) bond motifs is 1. The van der Waals surface area contributed by atoms with Crippen molar-refractivity contribution in [2.24, 2.45) is 0 Å². The number of nitrogens with zero attached hydrogens (tertiary/aromatic N) is 1. The molecule has 0 fully saturated rings. The molecule has 1 aromatic carbocycles. The van der Waals surface area contributed by atoms with E-state index in [1.807, 2.05) is 71.9 Å². The smallest absolute Gasteiger partial charge is 0.221 e. The summed E-state index contributed by atoms with van der Waals surface area (Å²) in [6, 6.07) is 9.54. The van der Waals surface area contributed by atoms with Gasteiger partial charge in [0.05, 0.1) is 5.52 Å². The summed E-state index contributed by atoms with van der Waals surface area (Å²) < 4.78 is 0. The zero-order chi connectivity index (χ0) is 16.0. The molecule has 120 valence electrons. The molecular formula is C17H31N2OP. The third kappa shape index (κ3) is 9.97. The maximum Gasteiger partial charge on any atom is 0.221 e. The topological polar surface area (TPSA) is 42.0 Å². The summed E-state index contributed by atoms with van der Waals surface area (Å²) in [5.41, 5.74) is 1.67. The van der Waals surface area contributed by atoms with Crippen molar-refractivity contribution < 1.29 is 4.79 Å². The third-order valence-electron chi connectivity index (χ3n) is 1.93. The van der Waals surface area contributed by atoms with Gasteiger partial charge in [-0.3, -0.25) is 9.78 Å². The number of rotatable bonds is 1. The van der Waals surface area contributed by atoms with Crippen LogP contribution < -0.4 is 5.32 Å². The number of anilines is 1. The number of amides is 1. The molecule has 1 amide bonds.